The van der Waals surface area contributed by atoms with Crippen LogP contribution in [-0.2, 0) is 29.8 Å². The number of nitrogens with zero attached hydrogens (tertiary/aromatic N) is 4. The molecule has 1 fully saturated rings. The van der Waals surface area contributed by atoms with Crippen LogP contribution in [0.25, 0.3) is 11.2 Å². The third kappa shape index (κ3) is 9.73. The van der Waals surface area contributed by atoms with Crippen LogP contribution in [0, 0.1) is 24.3 Å². The van der Waals surface area contributed by atoms with Crippen molar-refractivity contribution in [3.8, 4) is 18.1 Å². The molecule has 5 rings (SSSR count). The molecule has 1 aliphatic heterocycles. The zero-order valence-electron chi connectivity index (χ0n) is 29.4. The molecule has 0 radical (unpaired) electrons. The van der Waals surface area contributed by atoms with Gasteiger partial charge in [0, 0.05) is 6.42 Å². The predicted molar refractivity (Wildman–Crippen MR) is 193 cm³/mol. The number of hydrogen-bond acceptors (Lipinski definition) is 11. The summed E-state index contributed by atoms with van der Waals surface area (Å²) in [6.45, 7) is 3.85. The van der Waals surface area contributed by atoms with Crippen LogP contribution in [0.4, 0.5) is 10.2 Å². The normalized spacial score (nSPS) is 20.4. The number of carbonyl (C=O) groups is 1. The number of esters is 1. The molecule has 0 amide bonds. The van der Waals surface area contributed by atoms with Crippen LogP contribution < -0.4 is 15.3 Å². The number of benzene rings is 2. The van der Waals surface area contributed by atoms with Gasteiger partial charge in [0.15, 0.2) is 22.6 Å². The number of carbonyl (C=O) groups excluding carboxylic acids is 1. The number of aliphatic hydroxyl groups excluding tert-OH is 1. The number of aliphatic hydroxyl groups is 1. The Balaban J connectivity index is 1.39. The lowest BCUT2D eigenvalue weighted by Crippen LogP contribution is -2.44. The van der Waals surface area contributed by atoms with Gasteiger partial charge in [0.1, 0.15) is 30.7 Å². The summed E-state index contributed by atoms with van der Waals surface area (Å²) in [6.07, 6.45) is 9.86. The fourth-order valence-electron chi connectivity index (χ4n) is 6.06. The molecule has 1 aliphatic rings. The Kier molecular flexibility index (Phi) is 13.4. The number of imidazole rings is 1. The molecule has 5 atom stereocenters. The molecule has 2 aromatic carbocycles. The van der Waals surface area contributed by atoms with Crippen molar-refractivity contribution in [3.05, 3.63) is 78.6 Å². The van der Waals surface area contributed by atoms with E-state index in [2.05, 4.69) is 39.8 Å². The largest absolute Gasteiger partial charge is 0.464 e. The lowest BCUT2D eigenvalue weighted by atomic mass is 9.97. The molecule has 15 heteroatoms. The lowest BCUT2D eigenvalue weighted by molar-refractivity contribution is -0.147. The van der Waals surface area contributed by atoms with Crippen LogP contribution >= 0.6 is 7.75 Å². The smallest absolute Gasteiger partial charge is 0.459 e. The van der Waals surface area contributed by atoms with Crippen LogP contribution in [0.3, 0.4) is 0 Å². The maximum absolute atomic E-state index is 14.7. The topological polar surface area (TPSA) is 173 Å². The highest BCUT2D eigenvalue weighted by Gasteiger charge is 2.50. The average molecular weight is 737 g/mol. The number of nitrogen functional groups attached to an aromatic ring is 1. The number of fused-ring (bicyclic) bond motifs is 1. The summed E-state index contributed by atoms with van der Waals surface area (Å²) in [6, 6.07) is 16.4. The highest BCUT2D eigenvalue weighted by Crippen LogP contribution is 2.48. The third-order valence-electron chi connectivity index (χ3n) is 8.98. The van der Waals surface area contributed by atoms with E-state index in [1.165, 1.54) is 10.9 Å². The number of anilines is 1. The van der Waals surface area contributed by atoms with Crippen LogP contribution in [0.5, 0.6) is 5.75 Å². The van der Waals surface area contributed by atoms with E-state index in [1.807, 2.05) is 30.3 Å². The molecule has 52 heavy (non-hydrogen) atoms. The minimum atomic E-state index is -4.48. The molecule has 2 aromatic heterocycles. The highest BCUT2D eigenvalue weighted by atomic mass is 31.2. The Morgan fingerprint density at radius 3 is 2.48 bits per heavy atom. The molecule has 0 aliphatic carbocycles. The monoisotopic (exact) mass is 736 g/mol. The minimum Gasteiger partial charge on any atom is -0.464 e. The second-order valence-electron chi connectivity index (χ2n) is 12.9. The SMILES string of the molecule is C#C[C@]1(CO[P@](=O)(N[C@@H](Cc2ccccc2)C(=O)OCC(CCCC)CCCC)Oc2ccccc2)O[C@@H](n2cnc3c(N)nc(F)nc32)C[C@@H]1O. The van der Waals surface area contributed by atoms with E-state index in [0.29, 0.717) is 0 Å². The Hall–Kier alpha value is -4.38. The van der Waals surface area contributed by atoms with E-state index in [0.717, 1.165) is 44.1 Å². The van der Waals surface area contributed by atoms with Crippen molar-refractivity contribution >= 4 is 30.7 Å². The van der Waals surface area contributed by atoms with Crippen molar-refractivity contribution < 1.29 is 37.4 Å². The number of hydrogen-bond donors (Lipinski definition) is 3. The van der Waals surface area contributed by atoms with Gasteiger partial charge in [-0.2, -0.15) is 19.4 Å². The number of halogens is 1. The minimum absolute atomic E-state index is 0.0320. The molecular formula is C37H46FN6O7P. The fraction of sp³-hybridized carbons (Fsp3) is 0.459. The highest BCUT2D eigenvalue weighted by molar-refractivity contribution is 7.52. The molecule has 0 unspecified atom stereocenters. The number of unbranched alkanes of at least 4 members (excludes halogenated alkanes) is 2. The van der Waals surface area contributed by atoms with E-state index in [4.69, 9.17) is 30.7 Å². The molecular weight excluding hydrogens is 690 g/mol. The zero-order valence-corrected chi connectivity index (χ0v) is 30.3. The summed E-state index contributed by atoms with van der Waals surface area (Å²) in [5, 5.41) is 14.1. The fourth-order valence-corrected chi connectivity index (χ4v) is 7.57. The number of ether oxygens (including phenoxy) is 2. The second-order valence-corrected chi connectivity index (χ2v) is 14.6. The maximum atomic E-state index is 14.7. The Labute approximate surface area is 303 Å². The average Bonchev–Trinajstić information content (AvgIpc) is 3.71. The Morgan fingerprint density at radius 2 is 1.83 bits per heavy atom. The number of aromatic nitrogens is 4. The summed E-state index contributed by atoms with van der Waals surface area (Å²) in [5.41, 5.74) is 4.92. The first-order valence-corrected chi connectivity index (χ1v) is 19.1. The zero-order chi connectivity index (χ0) is 37.1. The van der Waals surface area contributed by atoms with Gasteiger partial charge in [0.2, 0.25) is 0 Å². The van der Waals surface area contributed by atoms with E-state index >= 15 is 0 Å². The maximum Gasteiger partial charge on any atom is 0.459 e. The van der Waals surface area contributed by atoms with Crippen molar-refractivity contribution in [2.24, 2.45) is 5.92 Å². The standard InChI is InChI=1S/C37H46FN6O7P/c1-4-7-15-27(16-8-5-2)23-48-35(46)29(21-26-17-11-9-12-18-26)43-52(47,51-28-19-13-10-14-20-28)49-24-37(6-3)30(45)22-31(50-37)44-25-40-32-33(39)41-36(38)42-34(32)44/h3,9-14,17-20,25,27,29-31,45H,4-5,7-8,15-16,21-24H2,1-2H3,(H,43,47)(H2,39,41,42)/t29-,30-,31+,37+,52+/m0/s1. The summed E-state index contributed by atoms with van der Waals surface area (Å²) in [5.74, 6) is 2.05. The van der Waals surface area contributed by atoms with Gasteiger partial charge in [-0.3, -0.25) is 13.9 Å². The number of nitrogens with one attached hydrogen (secondary N) is 1. The van der Waals surface area contributed by atoms with Crippen LogP contribution in [-0.4, -0.2) is 61.6 Å². The van der Waals surface area contributed by atoms with E-state index in [1.54, 1.807) is 30.3 Å². The van der Waals surface area contributed by atoms with Crippen LogP contribution in [0.15, 0.2) is 67.0 Å². The molecule has 0 spiro atoms. The summed E-state index contributed by atoms with van der Waals surface area (Å²) in [4.78, 5) is 25.3. The second kappa shape index (κ2) is 17.9. The number of nitrogens with two attached hydrogens (primary N) is 1. The molecule has 3 heterocycles. The van der Waals surface area contributed by atoms with Gasteiger partial charge in [0.05, 0.1) is 12.9 Å². The quantitative estimate of drug-likeness (QED) is 0.0435. The molecule has 278 valence electrons. The van der Waals surface area contributed by atoms with Gasteiger partial charge in [-0.15, -0.1) is 6.42 Å². The Bertz CT molecular complexity index is 1850. The van der Waals surface area contributed by atoms with Gasteiger partial charge in [-0.05, 0) is 42.9 Å². The molecule has 4 aromatic rings. The van der Waals surface area contributed by atoms with Crippen LogP contribution in [0.1, 0.15) is 70.6 Å². The summed E-state index contributed by atoms with van der Waals surface area (Å²) >= 11 is 0. The van der Waals surface area contributed by atoms with Crippen molar-refractivity contribution in [1.82, 2.24) is 24.6 Å². The van der Waals surface area contributed by atoms with Crippen LogP contribution in [0.2, 0.25) is 0 Å². The van der Waals surface area contributed by atoms with Crippen molar-refractivity contribution in [2.45, 2.75) is 89.2 Å². The molecule has 13 nitrogen and oxygen atoms in total. The number of terminal acetylenes is 1. The van der Waals surface area contributed by atoms with E-state index < -0.39 is 50.4 Å². The van der Waals surface area contributed by atoms with Gasteiger partial charge in [0.25, 0.3) is 0 Å². The first-order chi connectivity index (χ1) is 25.1. The molecule has 0 saturated carbocycles. The van der Waals surface area contributed by atoms with Crippen molar-refractivity contribution in [3.63, 3.8) is 0 Å². The molecule has 0 bridgehead atoms. The van der Waals surface area contributed by atoms with Gasteiger partial charge < -0.3 is 24.8 Å². The van der Waals surface area contributed by atoms with E-state index in [-0.39, 0.29) is 48.1 Å². The summed E-state index contributed by atoms with van der Waals surface area (Å²) < 4.78 is 54.2. The number of rotatable bonds is 19. The molecule has 4 N–H and O–H groups in total. The Morgan fingerprint density at radius 1 is 1.15 bits per heavy atom. The summed E-state index contributed by atoms with van der Waals surface area (Å²) in [7, 11) is -4.48. The van der Waals surface area contributed by atoms with Gasteiger partial charge >= 0.3 is 19.8 Å². The molecule has 1 saturated heterocycles. The van der Waals surface area contributed by atoms with E-state index in [9.17, 15) is 18.9 Å². The predicted octanol–water partition coefficient (Wildman–Crippen LogP) is 6.14. The van der Waals surface area contributed by atoms with Gasteiger partial charge in [-0.1, -0.05) is 94.0 Å². The number of para-hydroxylation sites is 1. The van der Waals surface area contributed by atoms with Crippen molar-refractivity contribution in [1.29, 1.82) is 0 Å². The lowest BCUT2D eigenvalue weighted by Gasteiger charge is -2.30. The van der Waals surface area contributed by atoms with Crippen molar-refractivity contribution in [2.75, 3.05) is 18.9 Å². The first-order valence-electron chi connectivity index (χ1n) is 17.5. The van der Waals surface area contributed by atoms with Gasteiger partial charge in [-0.25, -0.2) is 9.55 Å². The first kappa shape index (κ1) is 38.8. The third-order valence-corrected chi connectivity index (χ3v) is 10.5.